The van der Waals surface area contributed by atoms with Gasteiger partial charge in [0.25, 0.3) is 0 Å². The van der Waals surface area contributed by atoms with Gasteiger partial charge in [-0.1, -0.05) is 13.8 Å². The third kappa shape index (κ3) is 2.24. The lowest BCUT2D eigenvalue weighted by atomic mass is 10.2. The molecule has 0 fully saturated rings. The van der Waals surface area contributed by atoms with Crippen LogP contribution in [0.15, 0.2) is 12.4 Å². The van der Waals surface area contributed by atoms with Crippen molar-refractivity contribution in [2.45, 2.75) is 26.7 Å². The molecule has 0 amide bonds. The normalized spacial score (nSPS) is 10.6. The van der Waals surface area contributed by atoms with E-state index in [2.05, 4.69) is 15.1 Å². The van der Waals surface area contributed by atoms with E-state index in [9.17, 15) is 10.1 Å². The minimum atomic E-state index is -0.397. The zero-order valence-electron chi connectivity index (χ0n) is 10.7. The molecule has 0 atom stereocenters. The first kappa shape index (κ1) is 12.9. The van der Waals surface area contributed by atoms with E-state index >= 15 is 0 Å². The van der Waals surface area contributed by atoms with Crippen LogP contribution in [0.1, 0.15) is 25.2 Å². The first-order valence-electron chi connectivity index (χ1n) is 5.91. The van der Waals surface area contributed by atoms with Gasteiger partial charge in [-0.2, -0.15) is 5.10 Å². The number of nitrogens with zero attached hydrogens (tertiary/aromatic N) is 5. The van der Waals surface area contributed by atoms with Crippen molar-refractivity contribution in [2.75, 3.05) is 5.73 Å². The molecule has 2 N–H and O–H groups in total. The minimum Gasteiger partial charge on any atom is -0.384 e. The molecule has 19 heavy (non-hydrogen) atoms. The maximum atomic E-state index is 11.2. The van der Waals surface area contributed by atoms with Crippen molar-refractivity contribution >= 4 is 11.5 Å². The quantitative estimate of drug-likeness (QED) is 0.655. The van der Waals surface area contributed by atoms with Crippen molar-refractivity contribution in [3.05, 3.63) is 33.9 Å². The number of nitro groups is 1. The average molecular weight is 262 g/mol. The molecule has 0 unspecified atom stereocenters. The Morgan fingerprint density at radius 1 is 1.37 bits per heavy atom. The van der Waals surface area contributed by atoms with Crippen molar-refractivity contribution in [3.8, 4) is 5.82 Å². The highest BCUT2D eigenvalue weighted by molar-refractivity contribution is 5.46. The molecule has 2 aromatic heterocycles. The highest BCUT2D eigenvalue weighted by Gasteiger charge is 2.26. The van der Waals surface area contributed by atoms with Crippen LogP contribution in [0.25, 0.3) is 5.82 Å². The summed E-state index contributed by atoms with van der Waals surface area (Å²) in [6.07, 6.45) is 2.27. The van der Waals surface area contributed by atoms with Crippen LogP contribution in [0.4, 0.5) is 11.5 Å². The molecule has 8 nitrogen and oxygen atoms in total. The Labute approximate surface area is 109 Å². The van der Waals surface area contributed by atoms with Gasteiger partial charge in [0, 0.05) is 6.07 Å². The van der Waals surface area contributed by atoms with Gasteiger partial charge in [-0.05, 0) is 12.8 Å². The van der Waals surface area contributed by atoms with Gasteiger partial charge in [0.05, 0.1) is 4.92 Å². The van der Waals surface area contributed by atoms with E-state index in [1.54, 1.807) is 0 Å². The molecule has 0 saturated heterocycles. The number of rotatable bonds is 4. The lowest BCUT2D eigenvalue weighted by Gasteiger charge is -2.03. The molecular formula is C11H14N6O2. The third-order valence-electron chi connectivity index (χ3n) is 2.77. The Hall–Kier alpha value is -2.51. The Morgan fingerprint density at radius 2 is 2.11 bits per heavy atom. The average Bonchev–Trinajstić information content (AvgIpc) is 2.77. The zero-order chi connectivity index (χ0) is 14.0. The number of hydrogen-bond acceptors (Lipinski definition) is 6. The predicted octanol–water partition coefficient (Wildman–Crippen LogP) is 1.28. The molecule has 100 valence electrons. The number of nitrogen functional groups attached to an aromatic ring is 1. The van der Waals surface area contributed by atoms with E-state index < -0.39 is 4.92 Å². The van der Waals surface area contributed by atoms with Crippen LogP contribution >= 0.6 is 0 Å². The van der Waals surface area contributed by atoms with Crippen molar-refractivity contribution in [1.29, 1.82) is 0 Å². The standard InChI is InChI=1S/C11H14N6O2/c1-3-7-11(17(18)19)8(4-2)16(15-7)10-5-9(12)13-6-14-10/h5-6H,3-4H2,1-2H3,(H2,12,13,14). The number of anilines is 1. The zero-order valence-corrected chi connectivity index (χ0v) is 10.7. The van der Waals surface area contributed by atoms with Gasteiger partial charge in [0.1, 0.15) is 23.5 Å². The monoisotopic (exact) mass is 262 g/mol. The van der Waals surface area contributed by atoms with E-state index in [0.29, 0.717) is 35.9 Å². The second-order valence-corrected chi connectivity index (χ2v) is 3.92. The molecule has 2 heterocycles. The second kappa shape index (κ2) is 5.01. The first-order valence-corrected chi connectivity index (χ1v) is 5.91. The lowest BCUT2D eigenvalue weighted by Crippen LogP contribution is -2.06. The fourth-order valence-electron chi connectivity index (χ4n) is 1.93. The molecule has 0 aliphatic carbocycles. The molecule has 0 bridgehead atoms. The van der Waals surface area contributed by atoms with Gasteiger partial charge in [-0.25, -0.2) is 14.6 Å². The van der Waals surface area contributed by atoms with Gasteiger partial charge in [-0.15, -0.1) is 0 Å². The van der Waals surface area contributed by atoms with Crippen LogP contribution in [-0.4, -0.2) is 24.7 Å². The largest absolute Gasteiger partial charge is 0.384 e. The summed E-state index contributed by atoms with van der Waals surface area (Å²) in [6.45, 7) is 3.66. The lowest BCUT2D eigenvalue weighted by molar-refractivity contribution is -0.386. The van der Waals surface area contributed by atoms with Gasteiger partial charge in [-0.3, -0.25) is 10.1 Å². The number of aromatic nitrogens is 4. The van der Waals surface area contributed by atoms with E-state index in [1.165, 1.54) is 17.1 Å². The number of aryl methyl sites for hydroxylation is 1. The third-order valence-corrected chi connectivity index (χ3v) is 2.77. The molecule has 0 saturated carbocycles. The molecule has 0 aliphatic rings. The molecule has 0 spiro atoms. The maximum Gasteiger partial charge on any atom is 0.313 e. The maximum absolute atomic E-state index is 11.2. The summed E-state index contributed by atoms with van der Waals surface area (Å²) in [6, 6.07) is 1.54. The predicted molar refractivity (Wildman–Crippen MR) is 69.0 cm³/mol. The molecule has 2 aromatic rings. The topological polar surface area (TPSA) is 113 Å². The SMILES string of the molecule is CCc1nn(-c2cc(N)ncn2)c(CC)c1[N+](=O)[O-]. The van der Waals surface area contributed by atoms with Crippen LogP contribution in [0.2, 0.25) is 0 Å². The van der Waals surface area contributed by atoms with Crippen LogP contribution in [0.3, 0.4) is 0 Å². The van der Waals surface area contributed by atoms with E-state index in [-0.39, 0.29) is 5.69 Å². The highest BCUT2D eigenvalue weighted by Crippen LogP contribution is 2.26. The fourth-order valence-corrected chi connectivity index (χ4v) is 1.93. The van der Waals surface area contributed by atoms with Crippen molar-refractivity contribution in [1.82, 2.24) is 19.7 Å². The minimum absolute atomic E-state index is 0.0576. The fraction of sp³-hybridized carbons (Fsp3) is 0.364. The molecule has 2 rings (SSSR count). The van der Waals surface area contributed by atoms with Crippen LogP contribution in [0.5, 0.6) is 0 Å². The number of nitrogens with two attached hydrogens (primary N) is 1. The van der Waals surface area contributed by atoms with Crippen molar-refractivity contribution in [3.63, 3.8) is 0 Å². The van der Waals surface area contributed by atoms with Crippen molar-refractivity contribution < 1.29 is 4.92 Å². The summed E-state index contributed by atoms with van der Waals surface area (Å²) >= 11 is 0. The Morgan fingerprint density at radius 3 is 2.63 bits per heavy atom. The molecule has 0 aromatic carbocycles. The molecule has 0 radical (unpaired) electrons. The summed E-state index contributed by atoms with van der Waals surface area (Å²) in [5, 5.41) is 15.4. The van der Waals surface area contributed by atoms with Gasteiger partial charge in [0.15, 0.2) is 5.82 Å². The van der Waals surface area contributed by atoms with Crippen LogP contribution < -0.4 is 5.73 Å². The second-order valence-electron chi connectivity index (χ2n) is 3.92. The van der Waals surface area contributed by atoms with Gasteiger partial charge >= 0.3 is 5.69 Å². The van der Waals surface area contributed by atoms with E-state index in [1.807, 2.05) is 13.8 Å². The molecule has 8 heteroatoms. The van der Waals surface area contributed by atoms with Gasteiger partial charge < -0.3 is 5.73 Å². The van der Waals surface area contributed by atoms with Crippen molar-refractivity contribution in [2.24, 2.45) is 0 Å². The summed E-state index contributed by atoms with van der Waals surface area (Å²) in [7, 11) is 0. The van der Waals surface area contributed by atoms with E-state index in [4.69, 9.17) is 5.73 Å². The molecular weight excluding hydrogens is 248 g/mol. The Kier molecular flexibility index (Phi) is 3.41. The Balaban J connectivity index is 2.67. The highest BCUT2D eigenvalue weighted by atomic mass is 16.6. The van der Waals surface area contributed by atoms with Crippen LogP contribution in [-0.2, 0) is 12.8 Å². The Bertz CT molecular complexity index is 622. The summed E-state index contributed by atoms with van der Waals surface area (Å²) in [5.41, 5.74) is 6.61. The summed E-state index contributed by atoms with van der Waals surface area (Å²) < 4.78 is 1.47. The number of hydrogen-bond donors (Lipinski definition) is 1. The van der Waals surface area contributed by atoms with E-state index in [0.717, 1.165) is 0 Å². The smallest absolute Gasteiger partial charge is 0.313 e. The first-order chi connectivity index (χ1) is 9.08. The summed E-state index contributed by atoms with van der Waals surface area (Å²) in [5.74, 6) is 0.732. The van der Waals surface area contributed by atoms with Crippen LogP contribution in [0, 0.1) is 10.1 Å². The summed E-state index contributed by atoms with van der Waals surface area (Å²) in [4.78, 5) is 18.6. The van der Waals surface area contributed by atoms with Gasteiger partial charge in [0.2, 0.25) is 0 Å². The molecule has 0 aliphatic heterocycles.